The normalized spacial score (nSPS) is 14.4. The smallest absolute Gasteiger partial charge is 0.287 e. The summed E-state index contributed by atoms with van der Waals surface area (Å²) < 4.78 is 1.66. The van der Waals surface area contributed by atoms with Crippen molar-refractivity contribution < 1.29 is 9.59 Å². The minimum absolute atomic E-state index is 0.176. The summed E-state index contributed by atoms with van der Waals surface area (Å²) in [5, 5.41) is 6.42. The molecule has 0 aliphatic heterocycles. The molecule has 0 atom stereocenters. The molecule has 1 fully saturated rings. The van der Waals surface area contributed by atoms with E-state index in [1.807, 2.05) is 25.1 Å². The first-order chi connectivity index (χ1) is 13.5. The zero-order valence-electron chi connectivity index (χ0n) is 15.5. The van der Waals surface area contributed by atoms with Crippen LogP contribution in [0.2, 0.25) is 5.02 Å². The fraction of sp³-hybridized carbons (Fsp3) is 0.286. The third kappa shape index (κ3) is 3.60. The average Bonchev–Trinajstić information content (AvgIpc) is 3.32. The van der Waals surface area contributed by atoms with Gasteiger partial charge in [-0.1, -0.05) is 36.6 Å². The topological polar surface area (TPSA) is 75.5 Å². The molecule has 6 nitrogen and oxygen atoms in total. The van der Waals surface area contributed by atoms with Crippen molar-refractivity contribution in [3.63, 3.8) is 0 Å². The molecule has 4 rings (SSSR count). The number of carbonyl (C=O) groups is 2. The molecule has 0 radical (unpaired) electrons. The van der Waals surface area contributed by atoms with Crippen molar-refractivity contribution in [2.75, 3.05) is 5.32 Å². The number of fused-ring (bicyclic) bond motifs is 1. The Bertz CT molecular complexity index is 1050. The Morgan fingerprint density at radius 1 is 1.14 bits per heavy atom. The molecule has 144 valence electrons. The number of nitrogens with one attached hydrogen (secondary N) is 2. The van der Waals surface area contributed by atoms with Gasteiger partial charge in [0.1, 0.15) is 0 Å². The Morgan fingerprint density at radius 3 is 2.71 bits per heavy atom. The molecule has 2 amide bonds. The zero-order valence-corrected chi connectivity index (χ0v) is 16.3. The Morgan fingerprint density at radius 2 is 1.93 bits per heavy atom. The molecule has 2 N–H and O–H groups in total. The second-order valence-electron chi connectivity index (χ2n) is 7.11. The van der Waals surface area contributed by atoms with Crippen LogP contribution in [0.5, 0.6) is 0 Å². The molecule has 2 heterocycles. The number of rotatable bonds is 4. The number of pyridine rings is 1. The van der Waals surface area contributed by atoms with Crippen LogP contribution in [0.3, 0.4) is 0 Å². The predicted octanol–water partition coefficient (Wildman–Crippen LogP) is 4.22. The Labute approximate surface area is 167 Å². The minimum atomic E-state index is -0.381. The Kier molecular flexibility index (Phi) is 5.05. The monoisotopic (exact) mass is 396 g/mol. The fourth-order valence-corrected chi connectivity index (χ4v) is 3.77. The first kappa shape index (κ1) is 18.5. The van der Waals surface area contributed by atoms with Crippen LogP contribution in [0.1, 0.15) is 52.4 Å². The lowest BCUT2D eigenvalue weighted by Crippen LogP contribution is -2.33. The van der Waals surface area contributed by atoms with Gasteiger partial charge in [-0.15, -0.1) is 0 Å². The lowest BCUT2D eigenvalue weighted by Gasteiger charge is -2.10. The number of imidazole rings is 1. The van der Waals surface area contributed by atoms with Crippen molar-refractivity contribution in [1.29, 1.82) is 0 Å². The van der Waals surface area contributed by atoms with E-state index in [-0.39, 0.29) is 29.4 Å². The minimum Gasteiger partial charge on any atom is -0.347 e. The van der Waals surface area contributed by atoms with Gasteiger partial charge in [0, 0.05) is 22.9 Å². The predicted molar refractivity (Wildman–Crippen MR) is 109 cm³/mol. The fourth-order valence-electron chi connectivity index (χ4n) is 3.60. The summed E-state index contributed by atoms with van der Waals surface area (Å²) in [6.07, 6.45) is 5.96. The highest BCUT2D eigenvalue weighted by molar-refractivity contribution is 6.31. The summed E-state index contributed by atoms with van der Waals surface area (Å²) in [6, 6.07) is 10.9. The number of aromatic nitrogens is 2. The van der Waals surface area contributed by atoms with Gasteiger partial charge in [-0.05, 0) is 49.6 Å². The lowest BCUT2D eigenvalue weighted by molar-refractivity contribution is 0.0926. The van der Waals surface area contributed by atoms with Gasteiger partial charge in [-0.2, -0.15) is 0 Å². The third-order valence-electron chi connectivity index (χ3n) is 5.10. The summed E-state index contributed by atoms with van der Waals surface area (Å²) in [6.45, 7) is 1.89. The largest absolute Gasteiger partial charge is 0.347 e. The second-order valence-corrected chi connectivity index (χ2v) is 7.54. The molecule has 28 heavy (non-hydrogen) atoms. The molecule has 1 aliphatic rings. The van der Waals surface area contributed by atoms with E-state index in [2.05, 4.69) is 15.6 Å². The third-order valence-corrected chi connectivity index (χ3v) is 5.34. The number of nitrogens with zero attached hydrogens (tertiary/aromatic N) is 2. The van der Waals surface area contributed by atoms with Crippen LogP contribution in [0.4, 0.5) is 5.69 Å². The SMILES string of the molecule is Cc1ccc(Cl)cc1NC(=O)c1nc(C(=O)NC2CCCC2)n2ccccc12. The summed E-state index contributed by atoms with van der Waals surface area (Å²) in [4.78, 5) is 30.1. The molecular weight excluding hydrogens is 376 g/mol. The molecule has 1 aliphatic carbocycles. The number of benzene rings is 1. The van der Waals surface area contributed by atoms with Gasteiger partial charge < -0.3 is 10.6 Å². The summed E-state index contributed by atoms with van der Waals surface area (Å²) >= 11 is 6.04. The van der Waals surface area contributed by atoms with Crippen LogP contribution in [-0.2, 0) is 0 Å². The number of halogens is 1. The molecule has 0 spiro atoms. The molecule has 2 aromatic heterocycles. The second kappa shape index (κ2) is 7.64. The Hall–Kier alpha value is -2.86. The zero-order chi connectivity index (χ0) is 19.7. The van der Waals surface area contributed by atoms with Crippen molar-refractivity contribution >= 4 is 34.6 Å². The van der Waals surface area contributed by atoms with Crippen LogP contribution in [0, 0.1) is 6.92 Å². The quantitative estimate of drug-likeness (QED) is 0.693. The first-order valence-electron chi connectivity index (χ1n) is 9.38. The molecule has 0 bridgehead atoms. The van der Waals surface area contributed by atoms with Crippen LogP contribution < -0.4 is 10.6 Å². The number of amides is 2. The van der Waals surface area contributed by atoms with Crippen LogP contribution in [-0.4, -0.2) is 27.2 Å². The van der Waals surface area contributed by atoms with E-state index in [1.165, 1.54) is 0 Å². The van der Waals surface area contributed by atoms with Gasteiger partial charge in [0.25, 0.3) is 11.8 Å². The molecule has 7 heteroatoms. The molecule has 0 unspecified atom stereocenters. The summed E-state index contributed by atoms with van der Waals surface area (Å²) in [5.41, 5.74) is 2.29. The van der Waals surface area contributed by atoms with Crippen LogP contribution in [0.15, 0.2) is 42.6 Å². The maximum absolute atomic E-state index is 12.9. The number of hydrogen-bond acceptors (Lipinski definition) is 3. The maximum atomic E-state index is 12.9. The number of hydrogen-bond donors (Lipinski definition) is 2. The molecule has 0 saturated heterocycles. The van der Waals surface area contributed by atoms with E-state index in [0.29, 0.717) is 16.2 Å². The van der Waals surface area contributed by atoms with E-state index < -0.39 is 0 Å². The van der Waals surface area contributed by atoms with Gasteiger partial charge in [-0.25, -0.2) is 4.98 Å². The molecule has 1 saturated carbocycles. The summed E-state index contributed by atoms with van der Waals surface area (Å²) in [5.74, 6) is -0.421. The van der Waals surface area contributed by atoms with Gasteiger partial charge >= 0.3 is 0 Å². The highest BCUT2D eigenvalue weighted by Gasteiger charge is 2.24. The maximum Gasteiger partial charge on any atom is 0.287 e. The highest BCUT2D eigenvalue weighted by atomic mass is 35.5. The first-order valence-corrected chi connectivity index (χ1v) is 9.76. The van der Waals surface area contributed by atoms with Gasteiger partial charge in [0.15, 0.2) is 5.69 Å². The Balaban J connectivity index is 1.66. The average molecular weight is 397 g/mol. The lowest BCUT2D eigenvalue weighted by atomic mass is 10.2. The summed E-state index contributed by atoms with van der Waals surface area (Å²) in [7, 11) is 0. The van der Waals surface area contributed by atoms with Crippen molar-refractivity contribution in [3.05, 3.63) is 64.7 Å². The van der Waals surface area contributed by atoms with E-state index in [4.69, 9.17) is 11.6 Å². The molecule has 3 aromatic rings. The van der Waals surface area contributed by atoms with E-state index in [1.54, 1.807) is 28.8 Å². The molecule has 1 aromatic carbocycles. The molecular formula is C21H21ClN4O2. The van der Waals surface area contributed by atoms with E-state index in [9.17, 15) is 9.59 Å². The van der Waals surface area contributed by atoms with Crippen LogP contribution in [0.25, 0.3) is 5.52 Å². The standard InChI is InChI=1S/C21H21ClN4O2/c1-13-9-10-14(22)12-16(13)24-20(27)18-17-8-4-5-11-26(17)19(25-18)21(28)23-15-6-2-3-7-15/h4-5,8-12,15H,2-3,6-7H2,1H3,(H,23,28)(H,24,27). The number of aryl methyl sites for hydroxylation is 1. The van der Waals surface area contributed by atoms with Crippen molar-refractivity contribution in [2.45, 2.75) is 38.6 Å². The van der Waals surface area contributed by atoms with Gasteiger partial charge in [-0.3, -0.25) is 14.0 Å². The van der Waals surface area contributed by atoms with E-state index in [0.717, 1.165) is 31.2 Å². The van der Waals surface area contributed by atoms with Crippen molar-refractivity contribution in [1.82, 2.24) is 14.7 Å². The highest BCUT2D eigenvalue weighted by Crippen LogP contribution is 2.23. The number of anilines is 1. The van der Waals surface area contributed by atoms with Gasteiger partial charge in [0.2, 0.25) is 5.82 Å². The van der Waals surface area contributed by atoms with Crippen molar-refractivity contribution in [3.8, 4) is 0 Å². The van der Waals surface area contributed by atoms with Crippen molar-refractivity contribution in [2.24, 2.45) is 0 Å². The van der Waals surface area contributed by atoms with E-state index >= 15 is 0 Å². The van der Waals surface area contributed by atoms with Crippen LogP contribution >= 0.6 is 11.6 Å². The number of carbonyl (C=O) groups excluding carboxylic acids is 2. The van der Waals surface area contributed by atoms with Gasteiger partial charge in [0.05, 0.1) is 5.52 Å².